The molecule has 1 saturated carbocycles. The molecule has 8 heteroatoms. The van der Waals surface area contributed by atoms with Gasteiger partial charge in [-0.25, -0.2) is 9.50 Å². The zero-order valence-corrected chi connectivity index (χ0v) is 16.8. The first kappa shape index (κ1) is 20.4. The smallest absolute Gasteiger partial charge is 0.349 e. The highest BCUT2D eigenvalue weighted by Gasteiger charge is 2.36. The summed E-state index contributed by atoms with van der Waals surface area (Å²) in [7, 11) is 0. The fourth-order valence-electron chi connectivity index (χ4n) is 3.84. The summed E-state index contributed by atoms with van der Waals surface area (Å²) in [5, 5.41) is 6.72. The maximum atomic E-state index is 13.7. The Labute approximate surface area is 172 Å². The number of benzene rings is 1. The standard InChI is InChI=1S/C22H23F3N4O/c1-13(2)14-7-9-15(10-8-14)18-11-19(22(23,24)25)29-20(28-18)17(12-26-29)21(30)27-16-5-3-4-6-16/h7-13,16H,3-6H2,1-2H3,(H,27,30). The number of hydrogen-bond donors (Lipinski definition) is 1. The van der Waals surface area contributed by atoms with Gasteiger partial charge in [0.1, 0.15) is 5.56 Å². The highest BCUT2D eigenvalue weighted by atomic mass is 19.4. The molecule has 1 aliphatic carbocycles. The van der Waals surface area contributed by atoms with E-state index in [1.165, 1.54) is 0 Å². The van der Waals surface area contributed by atoms with Gasteiger partial charge in [-0.15, -0.1) is 0 Å². The van der Waals surface area contributed by atoms with E-state index < -0.39 is 17.8 Å². The van der Waals surface area contributed by atoms with Gasteiger partial charge >= 0.3 is 6.18 Å². The molecule has 2 aromatic heterocycles. The van der Waals surface area contributed by atoms with E-state index in [4.69, 9.17) is 0 Å². The van der Waals surface area contributed by atoms with Crippen LogP contribution in [0.15, 0.2) is 36.5 Å². The summed E-state index contributed by atoms with van der Waals surface area (Å²) in [6.45, 7) is 4.09. The third-order valence-electron chi connectivity index (χ3n) is 5.57. The number of fused-ring (bicyclic) bond motifs is 1. The number of aromatic nitrogens is 3. The molecule has 2 heterocycles. The van der Waals surface area contributed by atoms with Crippen LogP contribution in [-0.4, -0.2) is 26.5 Å². The van der Waals surface area contributed by atoms with Crippen molar-refractivity contribution in [2.45, 2.75) is 57.7 Å². The van der Waals surface area contributed by atoms with Gasteiger partial charge in [0.05, 0.1) is 11.9 Å². The molecule has 1 aromatic carbocycles. The topological polar surface area (TPSA) is 59.3 Å². The summed E-state index contributed by atoms with van der Waals surface area (Å²) in [6.07, 6.45) is 0.338. The molecule has 0 saturated heterocycles. The van der Waals surface area contributed by atoms with Crippen LogP contribution in [0.4, 0.5) is 13.2 Å². The van der Waals surface area contributed by atoms with Crippen LogP contribution >= 0.6 is 0 Å². The Morgan fingerprint density at radius 1 is 1.17 bits per heavy atom. The van der Waals surface area contributed by atoms with E-state index >= 15 is 0 Å². The van der Waals surface area contributed by atoms with Crippen molar-refractivity contribution in [3.05, 3.63) is 53.3 Å². The van der Waals surface area contributed by atoms with Gasteiger partial charge in [-0.2, -0.15) is 18.3 Å². The minimum atomic E-state index is -4.64. The van der Waals surface area contributed by atoms with Crippen LogP contribution in [-0.2, 0) is 6.18 Å². The second-order valence-corrected chi connectivity index (χ2v) is 8.05. The Kier molecular flexibility index (Phi) is 5.26. The zero-order chi connectivity index (χ0) is 21.5. The number of alkyl halides is 3. The highest BCUT2D eigenvalue weighted by Crippen LogP contribution is 2.33. The highest BCUT2D eigenvalue weighted by molar-refractivity contribution is 6.00. The molecule has 3 aromatic rings. The molecule has 30 heavy (non-hydrogen) atoms. The quantitative estimate of drug-likeness (QED) is 0.635. The minimum Gasteiger partial charge on any atom is -0.349 e. The van der Waals surface area contributed by atoms with Crippen molar-refractivity contribution < 1.29 is 18.0 Å². The van der Waals surface area contributed by atoms with E-state index in [9.17, 15) is 18.0 Å². The lowest BCUT2D eigenvalue weighted by Crippen LogP contribution is -2.32. The van der Waals surface area contributed by atoms with Gasteiger partial charge in [0, 0.05) is 11.6 Å². The van der Waals surface area contributed by atoms with Crippen LogP contribution in [0.1, 0.15) is 67.1 Å². The van der Waals surface area contributed by atoms with E-state index in [2.05, 4.69) is 15.4 Å². The predicted octanol–water partition coefficient (Wildman–Crippen LogP) is 5.21. The number of rotatable bonds is 4. The van der Waals surface area contributed by atoms with E-state index in [0.29, 0.717) is 16.0 Å². The molecule has 5 nitrogen and oxygen atoms in total. The SMILES string of the molecule is CC(C)c1ccc(-c2cc(C(F)(F)F)n3ncc(C(=O)NC4CCCC4)c3n2)cc1. The summed E-state index contributed by atoms with van der Waals surface area (Å²) in [6, 6.07) is 8.28. The van der Waals surface area contributed by atoms with Crippen molar-refractivity contribution >= 4 is 11.6 Å². The molecule has 0 aliphatic heterocycles. The van der Waals surface area contributed by atoms with Gasteiger partial charge in [-0.05, 0) is 30.4 Å². The molecule has 0 radical (unpaired) electrons. The number of nitrogens with zero attached hydrogens (tertiary/aromatic N) is 3. The average molecular weight is 416 g/mol. The molecule has 1 amide bonds. The van der Waals surface area contributed by atoms with Gasteiger partial charge < -0.3 is 5.32 Å². The van der Waals surface area contributed by atoms with Crippen molar-refractivity contribution in [3.63, 3.8) is 0 Å². The summed E-state index contributed by atoms with van der Waals surface area (Å²) < 4.78 is 41.9. The average Bonchev–Trinajstić information content (AvgIpc) is 3.36. The lowest BCUT2D eigenvalue weighted by atomic mass is 10.0. The van der Waals surface area contributed by atoms with Gasteiger partial charge in [-0.3, -0.25) is 4.79 Å². The van der Waals surface area contributed by atoms with Crippen LogP contribution in [0.2, 0.25) is 0 Å². The van der Waals surface area contributed by atoms with Gasteiger partial charge in [-0.1, -0.05) is 51.0 Å². The molecule has 4 rings (SSSR count). The van der Waals surface area contributed by atoms with Crippen molar-refractivity contribution in [1.29, 1.82) is 0 Å². The number of hydrogen-bond acceptors (Lipinski definition) is 3. The Morgan fingerprint density at radius 2 is 1.83 bits per heavy atom. The molecule has 1 aliphatic rings. The van der Waals surface area contributed by atoms with Crippen LogP contribution in [0.3, 0.4) is 0 Å². The third kappa shape index (κ3) is 3.91. The van der Waals surface area contributed by atoms with Crippen LogP contribution in [0, 0.1) is 0 Å². The molecular formula is C22H23F3N4O. The van der Waals surface area contributed by atoms with Crippen molar-refractivity contribution in [2.24, 2.45) is 0 Å². The molecule has 0 spiro atoms. The maximum Gasteiger partial charge on any atom is 0.433 e. The lowest BCUT2D eigenvalue weighted by molar-refractivity contribution is -0.142. The molecule has 0 bridgehead atoms. The van der Waals surface area contributed by atoms with Crippen LogP contribution in [0.25, 0.3) is 16.9 Å². The van der Waals surface area contributed by atoms with Crippen molar-refractivity contribution in [3.8, 4) is 11.3 Å². The van der Waals surface area contributed by atoms with E-state index in [-0.39, 0.29) is 22.9 Å². The number of amides is 1. The van der Waals surface area contributed by atoms with E-state index in [0.717, 1.165) is 43.5 Å². The molecule has 0 atom stereocenters. The normalized spacial score (nSPS) is 15.3. The fourth-order valence-corrected chi connectivity index (χ4v) is 3.84. The molecule has 0 unspecified atom stereocenters. The second-order valence-electron chi connectivity index (χ2n) is 8.05. The zero-order valence-electron chi connectivity index (χ0n) is 16.8. The Bertz CT molecular complexity index is 1060. The van der Waals surface area contributed by atoms with Gasteiger partial charge in [0.25, 0.3) is 5.91 Å². The first-order chi connectivity index (χ1) is 14.2. The largest absolute Gasteiger partial charge is 0.433 e. The van der Waals surface area contributed by atoms with Crippen molar-refractivity contribution in [2.75, 3.05) is 0 Å². The monoisotopic (exact) mass is 416 g/mol. The number of nitrogens with one attached hydrogen (secondary N) is 1. The maximum absolute atomic E-state index is 13.7. The number of carbonyl (C=O) groups is 1. The van der Waals surface area contributed by atoms with E-state index in [1.807, 2.05) is 26.0 Å². The first-order valence-corrected chi connectivity index (χ1v) is 10.1. The molecule has 158 valence electrons. The summed E-state index contributed by atoms with van der Waals surface area (Å²) in [5.74, 6) is -0.134. The molecular weight excluding hydrogens is 393 g/mol. The fraction of sp³-hybridized carbons (Fsp3) is 0.409. The first-order valence-electron chi connectivity index (χ1n) is 10.1. The van der Waals surface area contributed by atoms with Gasteiger partial charge in [0.15, 0.2) is 11.3 Å². The summed E-state index contributed by atoms with van der Waals surface area (Å²) >= 11 is 0. The number of halogens is 3. The Hall–Kier alpha value is -2.90. The second kappa shape index (κ2) is 7.74. The van der Waals surface area contributed by atoms with Gasteiger partial charge in [0.2, 0.25) is 0 Å². The predicted molar refractivity (Wildman–Crippen MR) is 107 cm³/mol. The molecule has 1 fully saturated rings. The summed E-state index contributed by atoms with van der Waals surface area (Å²) in [4.78, 5) is 17.1. The van der Waals surface area contributed by atoms with Crippen molar-refractivity contribution in [1.82, 2.24) is 19.9 Å². The third-order valence-corrected chi connectivity index (χ3v) is 5.57. The minimum absolute atomic E-state index is 0.0429. The number of carbonyl (C=O) groups excluding carboxylic acids is 1. The van der Waals surface area contributed by atoms with E-state index in [1.54, 1.807) is 12.1 Å². The Morgan fingerprint density at radius 3 is 2.43 bits per heavy atom. The van der Waals surface area contributed by atoms with Crippen LogP contribution < -0.4 is 5.32 Å². The lowest BCUT2D eigenvalue weighted by Gasteiger charge is -2.13. The Balaban J connectivity index is 1.80. The van der Waals surface area contributed by atoms with Crippen LogP contribution in [0.5, 0.6) is 0 Å². The molecule has 1 N–H and O–H groups in total. The summed E-state index contributed by atoms with van der Waals surface area (Å²) in [5.41, 5.74) is 0.778.